The molecule has 0 unspecified atom stereocenters. The van der Waals surface area contributed by atoms with Gasteiger partial charge in [-0.15, -0.1) is 0 Å². The van der Waals surface area contributed by atoms with Crippen molar-refractivity contribution in [2.24, 2.45) is 0 Å². The van der Waals surface area contributed by atoms with Crippen molar-refractivity contribution < 1.29 is 14.3 Å². The van der Waals surface area contributed by atoms with Crippen LogP contribution in [0.2, 0.25) is 0 Å². The minimum atomic E-state index is 0.443. The predicted octanol–water partition coefficient (Wildman–Crippen LogP) is 5.31. The van der Waals surface area contributed by atoms with Gasteiger partial charge in [0.15, 0.2) is 0 Å². The number of nitrogens with zero attached hydrogens (tertiary/aromatic N) is 3. The lowest BCUT2D eigenvalue weighted by Gasteiger charge is -2.29. The Balaban J connectivity index is 2.32. The predicted molar refractivity (Wildman–Crippen MR) is 113 cm³/mol. The fourth-order valence-electron chi connectivity index (χ4n) is 3.06. The van der Waals surface area contributed by atoms with Crippen molar-refractivity contribution in [3.05, 3.63) is 64.7 Å². The third-order valence-corrected chi connectivity index (χ3v) is 4.75. The maximum Gasteiger partial charge on any atom is 0.341 e. The first-order chi connectivity index (χ1) is 13.7. The van der Waals surface area contributed by atoms with Gasteiger partial charge >= 0.3 is 5.71 Å². The lowest BCUT2D eigenvalue weighted by atomic mass is 10.0. The van der Waals surface area contributed by atoms with Gasteiger partial charge in [-0.2, -0.15) is 4.79 Å². The van der Waals surface area contributed by atoms with Gasteiger partial charge in [0.05, 0.1) is 18.9 Å². The van der Waals surface area contributed by atoms with Crippen molar-refractivity contribution in [1.29, 1.82) is 0 Å². The highest BCUT2D eigenvalue weighted by Gasteiger charge is 2.30. The van der Waals surface area contributed by atoms with Crippen LogP contribution in [-0.4, -0.2) is 35.2 Å². The van der Waals surface area contributed by atoms with Gasteiger partial charge < -0.3 is 19.9 Å². The molecule has 152 valence electrons. The van der Waals surface area contributed by atoms with E-state index in [1.807, 2.05) is 12.1 Å². The molecule has 0 radical (unpaired) electrons. The van der Waals surface area contributed by atoms with Crippen LogP contribution in [0.1, 0.15) is 58.4 Å². The molecule has 28 heavy (non-hydrogen) atoms. The van der Waals surface area contributed by atoms with Crippen molar-refractivity contribution in [1.82, 2.24) is 4.90 Å². The molecule has 5 nitrogen and oxygen atoms in total. The van der Waals surface area contributed by atoms with E-state index in [1.165, 1.54) is 5.56 Å². The smallest absolute Gasteiger partial charge is 0.341 e. The van der Waals surface area contributed by atoms with E-state index in [9.17, 15) is 5.53 Å². The normalized spacial score (nSPS) is 13.8. The Morgan fingerprint density at radius 2 is 1.68 bits per heavy atom. The summed E-state index contributed by atoms with van der Waals surface area (Å²) >= 11 is 0. The molecule has 0 aliphatic heterocycles. The van der Waals surface area contributed by atoms with Crippen LogP contribution >= 0.6 is 0 Å². The van der Waals surface area contributed by atoms with Crippen molar-refractivity contribution in [3.8, 4) is 0 Å². The van der Waals surface area contributed by atoms with Crippen LogP contribution in [0.4, 0.5) is 0 Å². The quantitative estimate of drug-likeness (QED) is 0.279. The molecule has 0 heterocycles. The molecular formula is C23H33N3O2. The Morgan fingerprint density at radius 3 is 2.29 bits per heavy atom. The van der Waals surface area contributed by atoms with Crippen LogP contribution < -0.4 is 0 Å². The Kier molecular flexibility index (Phi) is 9.36. The van der Waals surface area contributed by atoms with E-state index in [-0.39, 0.29) is 0 Å². The van der Waals surface area contributed by atoms with Crippen molar-refractivity contribution in [2.45, 2.75) is 59.4 Å². The van der Waals surface area contributed by atoms with Gasteiger partial charge in [-0.05, 0) is 25.3 Å². The zero-order chi connectivity index (χ0) is 20.2. The van der Waals surface area contributed by atoms with Crippen LogP contribution in [0.3, 0.4) is 0 Å². The van der Waals surface area contributed by atoms with Gasteiger partial charge in [0.2, 0.25) is 5.76 Å². The molecule has 1 aromatic rings. The summed E-state index contributed by atoms with van der Waals surface area (Å²) in [6, 6.07) is 10.4. The van der Waals surface area contributed by atoms with E-state index in [2.05, 4.69) is 54.7 Å². The first kappa shape index (κ1) is 21.8. The zero-order valence-electron chi connectivity index (χ0n) is 17.5. The molecule has 0 fully saturated rings. The lowest BCUT2D eigenvalue weighted by molar-refractivity contribution is -0.0141. The van der Waals surface area contributed by atoms with Crippen LogP contribution in [0.15, 0.2) is 53.6 Å². The minimum Gasteiger partial charge on any atom is -0.495 e. The van der Waals surface area contributed by atoms with Gasteiger partial charge in [0, 0.05) is 19.2 Å². The monoisotopic (exact) mass is 383 g/mol. The van der Waals surface area contributed by atoms with Crippen LogP contribution in [0.25, 0.3) is 5.53 Å². The molecule has 0 aromatic heterocycles. The fourth-order valence-corrected chi connectivity index (χ4v) is 3.06. The van der Waals surface area contributed by atoms with Crippen molar-refractivity contribution in [3.63, 3.8) is 0 Å². The molecule has 0 N–H and O–H groups in total. The van der Waals surface area contributed by atoms with Gasteiger partial charge in [-0.1, -0.05) is 57.0 Å². The Labute approximate surface area is 169 Å². The van der Waals surface area contributed by atoms with Gasteiger partial charge in [-0.3, -0.25) is 0 Å². The maximum atomic E-state index is 9.50. The second-order valence-electron chi connectivity index (χ2n) is 6.94. The lowest BCUT2D eigenvalue weighted by Crippen LogP contribution is -2.28. The summed E-state index contributed by atoms with van der Waals surface area (Å²) in [5.41, 5.74) is 12.3. The maximum absolute atomic E-state index is 9.50. The second-order valence-corrected chi connectivity index (χ2v) is 6.94. The molecule has 1 aromatic carbocycles. The molecule has 0 spiro atoms. The zero-order valence-corrected chi connectivity index (χ0v) is 17.5. The summed E-state index contributed by atoms with van der Waals surface area (Å²) in [6.07, 6.45) is 6.52. The van der Waals surface area contributed by atoms with Crippen molar-refractivity contribution >= 4 is 5.71 Å². The van der Waals surface area contributed by atoms with E-state index in [0.717, 1.165) is 50.2 Å². The van der Waals surface area contributed by atoms with Crippen molar-refractivity contribution in [2.75, 3.05) is 19.8 Å². The summed E-state index contributed by atoms with van der Waals surface area (Å²) in [5, 5.41) is 0. The topological polar surface area (TPSA) is 58.1 Å². The summed E-state index contributed by atoms with van der Waals surface area (Å²) in [7, 11) is 0. The molecule has 0 saturated carbocycles. The molecule has 0 atom stereocenters. The summed E-state index contributed by atoms with van der Waals surface area (Å²) in [4.78, 5) is 5.77. The van der Waals surface area contributed by atoms with E-state index in [0.29, 0.717) is 31.1 Å². The highest BCUT2D eigenvalue weighted by Crippen LogP contribution is 2.27. The number of unbranched alkanes of at least 4 members (excludes halogenated alkanes) is 2. The Hall–Kier alpha value is -2.52. The van der Waals surface area contributed by atoms with E-state index in [4.69, 9.17) is 9.47 Å². The highest BCUT2D eigenvalue weighted by atomic mass is 16.5. The van der Waals surface area contributed by atoms with E-state index in [1.54, 1.807) is 0 Å². The third-order valence-electron chi connectivity index (χ3n) is 4.75. The second kappa shape index (κ2) is 12.0. The van der Waals surface area contributed by atoms with E-state index >= 15 is 0 Å². The molecule has 2 rings (SSSR count). The van der Waals surface area contributed by atoms with Crippen LogP contribution in [-0.2, 0) is 16.0 Å². The summed E-state index contributed by atoms with van der Waals surface area (Å²) in [5.74, 6) is 1.49. The minimum absolute atomic E-state index is 0.443. The summed E-state index contributed by atoms with van der Waals surface area (Å²) < 4.78 is 12.0. The molecule has 0 amide bonds. The molecule has 1 aliphatic rings. The molecule has 0 bridgehead atoms. The number of hydrogen-bond acceptors (Lipinski definition) is 3. The third kappa shape index (κ3) is 6.28. The average Bonchev–Trinajstić information content (AvgIpc) is 2.73. The molecule has 5 heteroatoms. The van der Waals surface area contributed by atoms with E-state index < -0.39 is 0 Å². The van der Waals surface area contributed by atoms with Gasteiger partial charge in [0.25, 0.3) is 0 Å². The molecule has 1 aliphatic carbocycles. The number of rotatable bonds is 12. The Morgan fingerprint density at radius 1 is 1.00 bits per heavy atom. The number of hydrogen-bond donors (Lipinski definition) is 0. The summed E-state index contributed by atoms with van der Waals surface area (Å²) in [6.45, 7) is 9.33. The SMILES string of the molecule is CCCCOC1=CC(N(CC)Cc2ccccc2)=C(OCCCC)CC1=[N+]=[N-]. The first-order valence-electron chi connectivity index (χ1n) is 10.4. The standard InChI is InChI=1S/C23H33N3O2/c1-4-7-14-27-22-17-21(23(16-20(22)25-24)28-15-8-5-2)26(6-3)18-19-12-10-9-11-13-19/h9-13,17H,4-8,14-16,18H2,1-3H3. The van der Waals surface area contributed by atoms with Crippen LogP contribution in [0.5, 0.6) is 0 Å². The highest BCUT2D eigenvalue weighted by molar-refractivity contribution is 5.97. The Bertz CT molecular complexity index is 719. The van der Waals surface area contributed by atoms with Gasteiger partial charge in [-0.25, -0.2) is 0 Å². The number of likely N-dealkylation sites (N-methyl/N-ethyl adjacent to an activating group) is 1. The fraction of sp³-hybridized carbons (Fsp3) is 0.522. The van der Waals surface area contributed by atoms with Gasteiger partial charge in [0.1, 0.15) is 12.2 Å². The first-order valence-corrected chi connectivity index (χ1v) is 10.4. The molecular weight excluding hydrogens is 350 g/mol. The molecule has 0 saturated heterocycles. The average molecular weight is 384 g/mol. The number of allylic oxidation sites excluding steroid dienone is 3. The number of ether oxygens (including phenoxy) is 2. The largest absolute Gasteiger partial charge is 0.495 e. The van der Waals surface area contributed by atoms with Crippen LogP contribution in [0, 0.1) is 0 Å². The number of benzene rings is 1.